The van der Waals surface area contributed by atoms with Gasteiger partial charge in [-0.3, -0.25) is 4.90 Å². The van der Waals surface area contributed by atoms with Gasteiger partial charge in [0.05, 0.1) is 6.10 Å². The van der Waals surface area contributed by atoms with Crippen molar-refractivity contribution in [1.29, 1.82) is 0 Å². The van der Waals surface area contributed by atoms with Crippen LogP contribution in [0, 0.1) is 12.8 Å². The summed E-state index contributed by atoms with van der Waals surface area (Å²) in [6, 6.07) is 18.7. The minimum atomic E-state index is -0.318. The van der Waals surface area contributed by atoms with E-state index in [0.29, 0.717) is 5.92 Å². The van der Waals surface area contributed by atoms with Gasteiger partial charge in [0.1, 0.15) is 0 Å². The van der Waals surface area contributed by atoms with E-state index in [-0.39, 0.29) is 6.10 Å². The molecule has 1 saturated heterocycles. The second kappa shape index (κ2) is 7.08. The lowest BCUT2D eigenvalue weighted by Gasteiger charge is -2.34. The molecule has 2 heteroatoms. The number of rotatable bonds is 4. The lowest BCUT2D eigenvalue weighted by atomic mass is 9.87. The highest BCUT2D eigenvalue weighted by Crippen LogP contribution is 2.31. The van der Waals surface area contributed by atoms with E-state index in [1.54, 1.807) is 0 Å². The van der Waals surface area contributed by atoms with E-state index in [1.165, 1.54) is 11.1 Å². The van der Waals surface area contributed by atoms with E-state index in [1.807, 2.05) is 30.3 Å². The molecular formula is C20H25NO. The molecule has 0 spiro atoms. The van der Waals surface area contributed by atoms with Crippen molar-refractivity contribution >= 4 is 0 Å². The average molecular weight is 295 g/mol. The summed E-state index contributed by atoms with van der Waals surface area (Å²) in [5.74, 6) is 0.385. The van der Waals surface area contributed by atoms with Gasteiger partial charge in [0, 0.05) is 6.54 Å². The van der Waals surface area contributed by atoms with Crippen molar-refractivity contribution < 1.29 is 5.11 Å². The van der Waals surface area contributed by atoms with Crippen molar-refractivity contribution in [3.63, 3.8) is 0 Å². The summed E-state index contributed by atoms with van der Waals surface area (Å²) >= 11 is 0. The minimum absolute atomic E-state index is 0.318. The standard InChI is InChI=1S/C20H25NO/c1-16-7-5-6-10-19(16)15-21-13-11-18(12-14-21)20(22)17-8-3-2-4-9-17/h2-10,18,20,22H,11-15H2,1H3/t20-/m1/s1. The van der Waals surface area contributed by atoms with Crippen molar-refractivity contribution in [2.45, 2.75) is 32.4 Å². The third-order valence-corrected chi connectivity index (χ3v) is 4.88. The van der Waals surface area contributed by atoms with E-state index < -0.39 is 0 Å². The lowest BCUT2D eigenvalue weighted by Crippen LogP contribution is -2.35. The van der Waals surface area contributed by atoms with E-state index >= 15 is 0 Å². The quantitative estimate of drug-likeness (QED) is 0.923. The van der Waals surface area contributed by atoms with Crippen molar-refractivity contribution in [2.75, 3.05) is 13.1 Å². The van der Waals surface area contributed by atoms with Gasteiger partial charge in [-0.25, -0.2) is 0 Å². The molecule has 0 bridgehead atoms. The zero-order chi connectivity index (χ0) is 15.4. The van der Waals surface area contributed by atoms with Gasteiger partial charge in [0.15, 0.2) is 0 Å². The van der Waals surface area contributed by atoms with E-state index in [9.17, 15) is 5.11 Å². The third kappa shape index (κ3) is 3.57. The Kier molecular flexibility index (Phi) is 4.91. The van der Waals surface area contributed by atoms with Crippen LogP contribution in [-0.2, 0) is 6.54 Å². The molecule has 1 fully saturated rings. The van der Waals surface area contributed by atoms with Crippen molar-refractivity contribution in [2.24, 2.45) is 5.92 Å². The molecule has 2 aromatic rings. The summed E-state index contributed by atoms with van der Waals surface area (Å²) in [5.41, 5.74) is 3.85. The molecule has 2 aromatic carbocycles. The molecule has 0 aromatic heterocycles. The van der Waals surface area contributed by atoms with Crippen molar-refractivity contribution in [3.05, 3.63) is 71.3 Å². The molecule has 1 aliphatic heterocycles. The summed E-state index contributed by atoms with van der Waals surface area (Å²) in [6.45, 7) is 5.36. The second-order valence-corrected chi connectivity index (χ2v) is 6.40. The van der Waals surface area contributed by atoms with Gasteiger partial charge < -0.3 is 5.11 Å². The van der Waals surface area contributed by atoms with Crippen LogP contribution < -0.4 is 0 Å². The number of aliphatic hydroxyl groups is 1. The SMILES string of the molecule is Cc1ccccc1CN1CCC([C@H](O)c2ccccc2)CC1. The molecule has 2 nitrogen and oxygen atoms in total. The van der Waals surface area contributed by atoms with Crippen LogP contribution in [0.15, 0.2) is 54.6 Å². The van der Waals surface area contributed by atoms with Gasteiger partial charge in [-0.2, -0.15) is 0 Å². The number of nitrogens with zero attached hydrogens (tertiary/aromatic N) is 1. The fourth-order valence-corrected chi connectivity index (χ4v) is 3.38. The summed E-state index contributed by atoms with van der Waals surface area (Å²) in [4.78, 5) is 2.51. The minimum Gasteiger partial charge on any atom is -0.388 e. The normalized spacial score (nSPS) is 18.3. The van der Waals surface area contributed by atoms with Crippen LogP contribution in [0.1, 0.15) is 35.6 Å². The smallest absolute Gasteiger partial charge is 0.0819 e. The fraction of sp³-hybridized carbons (Fsp3) is 0.400. The Morgan fingerprint density at radius 2 is 1.64 bits per heavy atom. The highest BCUT2D eigenvalue weighted by molar-refractivity contribution is 5.25. The van der Waals surface area contributed by atoms with Crippen molar-refractivity contribution in [1.82, 2.24) is 4.90 Å². The van der Waals surface area contributed by atoms with Gasteiger partial charge >= 0.3 is 0 Å². The molecular weight excluding hydrogens is 270 g/mol. The van der Waals surface area contributed by atoms with Gasteiger partial charge in [-0.15, -0.1) is 0 Å². The first kappa shape index (κ1) is 15.3. The summed E-state index contributed by atoms with van der Waals surface area (Å²) in [5, 5.41) is 10.5. The molecule has 0 saturated carbocycles. The molecule has 0 amide bonds. The Labute approximate surface area is 133 Å². The van der Waals surface area contributed by atoms with Crippen LogP contribution in [0.2, 0.25) is 0 Å². The lowest BCUT2D eigenvalue weighted by molar-refractivity contribution is 0.0567. The Morgan fingerprint density at radius 1 is 1.00 bits per heavy atom. The maximum absolute atomic E-state index is 10.5. The molecule has 1 N–H and O–H groups in total. The van der Waals surface area contributed by atoms with Gasteiger partial charge in [-0.05, 0) is 55.5 Å². The maximum Gasteiger partial charge on any atom is 0.0819 e. The Bertz CT molecular complexity index is 588. The highest BCUT2D eigenvalue weighted by Gasteiger charge is 2.26. The molecule has 1 atom stereocenters. The number of likely N-dealkylation sites (tertiary alicyclic amines) is 1. The van der Waals surface area contributed by atoms with Crippen molar-refractivity contribution in [3.8, 4) is 0 Å². The van der Waals surface area contributed by atoms with Gasteiger partial charge in [0.2, 0.25) is 0 Å². The zero-order valence-electron chi connectivity index (χ0n) is 13.3. The first-order chi connectivity index (χ1) is 10.7. The van der Waals surface area contributed by atoms with Crippen LogP contribution in [0.3, 0.4) is 0 Å². The number of piperidine rings is 1. The van der Waals surface area contributed by atoms with Gasteiger partial charge in [-0.1, -0.05) is 54.6 Å². The molecule has 0 aliphatic carbocycles. The molecule has 1 aliphatic rings. The predicted molar refractivity (Wildman–Crippen MR) is 90.6 cm³/mol. The van der Waals surface area contributed by atoms with Gasteiger partial charge in [0.25, 0.3) is 0 Å². The Morgan fingerprint density at radius 3 is 2.32 bits per heavy atom. The molecule has 22 heavy (non-hydrogen) atoms. The molecule has 116 valence electrons. The average Bonchev–Trinajstić information content (AvgIpc) is 2.58. The molecule has 1 heterocycles. The first-order valence-corrected chi connectivity index (χ1v) is 8.24. The first-order valence-electron chi connectivity index (χ1n) is 8.24. The Balaban J connectivity index is 1.55. The zero-order valence-corrected chi connectivity index (χ0v) is 13.3. The maximum atomic E-state index is 10.5. The van der Waals surface area contributed by atoms with Crippen LogP contribution >= 0.6 is 0 Å². The largest absolute Gasteiger partial charge is 0.388 e. The number of aryl methyl sites for hydroxylation is 1. The Hall–Kier alpha value is -1.64. The van der Waals surface area contributed by atoms with Crippen LogP contribution in [0.25, 0.3) is 0 Å². The summed E-state index contributed by atoms with van der Waals surface area (Å²) < 4.78 is 0. The fourth-order valence-electron chi connectivity index (χ4n) is 3.38. The monoisotopic (exact) mass is 295 g/mol. The van der Waals surface area contributed by atoms with E-state index in [0.717, 1.165) is 38.0 Å². The van der Waals surface area contributed by atoms with E-state index in [2.05, 4.69) is 36.1 Å². The van der Waals surface area contributed by atoms with Crippen LogP contribution in [-0.4, -0.2) is 23.1 Å². The molecule has 3 rings (SSSR count). The number of hydrogen-bond acceptors (Lipinski definition) is 2. The predicted octanol–water partition coefficient (Wildman–Crippen LogP) is 3.94. The van der Waals surface area contributed by atoms with Crippen LogP contribution in [0.5, 0.6) is 0 Å². The summed E-state index contributed by atoms with van der Waals surface area (Å²) in [6.07, 6.45) is 1.82. The molecule has 0 radical (unpaired) electrons. The molecule has 0 unspecified atom stereocenters. The summed E-state index contributed by atoms with van der Waals surface area (Å²) in [7, 11) is 0. The van der Waals surface area contributed by atoms with E-state index in [4.69, 9.17) is 0 Å². The topological polar surface area (TPSA) is 23.5 Å². The number of hydrogen-bond donors (Lipinski definition) is 1. The van der Waals surface area contributed by atoms with Crippen LogP contribution in [0.4, 0.5) is 0 Å². The highest BCUT2D eigenvalue weighted by atomic mass is 16.3. The second-order valence-electron chi connectivity index (χ2n) is 6.40. The number of benzene rings is 2. The third-order valence-electron chi connectivity index (χ3n) is 4.88. The number of aliphatic hydroxyl groups excluding tert-OH is 1.